The van der Waals surface area contributed by atoms with E-state index in [-0.39, 0.29) is 11.2 Å². The van der Waals surface area contributed by atoms with E-state index in [0.29, 0.717) is 6.61 Å². The summed E-state index contributed by atoms with van der Waals surface area (Å²) in [5, 5.41) is 0. The first-order chi connectivity index (χ1) is 9.79. The van der Waals surface area contributed by atoms with Crippen LogP contribution in [0.4, 0.5) is 0 Å². The van der Waals surface area contributed by atoms with Gasteiger partial charge in [0.2, 0.25) is 5.79 Å². The van der Waals surface area contributed by atoms with Crippen molar-refractivity contribution in [3.05, 3.63) is 0 Å². The van der Waals surface area contributed by atoms with E-state index in [9.17, 15) is 0 Å². The molecule has 0 bridgehead atoms. The molecule has 112 valence electrons. The van der Waals surface area contributed by atoms with E-state index in [1.807, 2.05) is 0 Å². The second-order valence-electron chi connectivity index (χ2n) is 6.75. The predicted molar refractivity (Wildman–Crippen MR) is 68.4 cm³/mol. The van der Waals surface area contributed by atoms with E-state index in [1.54, 1.807) is 0 Å². The molecular weight excluding hydrogens is 260 g/mol. The molecule has 5 nitrogen and oxygen atoms in total. The van der Waals surface area contributed by atoms with E-state index in [2.05, 4.69) is 0 Å². The molecule has 5 heteroatoms. The Morgan fingerprint density at radius 1 is 0.500 bits per heavy atom. The third-order valence-corrected chi connectivity index (χ3v) is 6.32. The van der Waals surface area contributed by atoms with Gasteiger partial charge in [0.1, 0.15) is 11.2 Å². The molecule has 4 atom stereocenters. The average molecular weight is 282 g/mol. The molecule has 0 amide bonds. The molecule has 5 saturated heterocycles. The fourth-order valence-electron chi connectivity index (χ4n) is 5.49. The van der Waals surface area contributed by atoms with Crippen LogP contribution in [-0.2, 0) is 23.7 Å². The molecule has 4 unspecified atom stereocenters. The second-order valence-corrected chi connectivity index (χ2v) is 6.75. The Bertz CT molecular complexity index is 414. The predicted octanol–water partition coefficient (Wildman–Crippen LogP) is 1.39. The van der Waals surface area contributed by atoms with E-state index in [0.717, 1.165) is 65.0 Å². The van der Waals surface area contributed by atoms with Crippen molar-refractivity contribution in [3.63, 3.8) is 0 Å². The molecule has 0 saturated carbocycles. The van der Waals surface area contributed by atoms with Crippen molar-refractivity contribution in [1.29, 1.82) is 0 Å². The van der Waals surface area contributed by atoms with Gasteiger partial charge in [-0.3, -0.25) is 0 Å². The summed E-state index contributed by atoms with van der Waals surface area (Å²) in [4.78, 5) is 0. The van der Waals surface area contributed by atoms with Gasteiger partial charge in [0, 0.05) is 32.3 Å². The highest BCUT2D eigenvalue weighted by Gasteiger charge is 2.81. The number of ether oxygens (including phenoxy) is 5. The summed E-state index contributed by atoms with van der Waals surface area (Å²) in [5.41, 5.74) is -1.00. The topological polar surface area (TPSA) is 46.2 Å². The maximum absolute atomic E-state index is 6.40. The molecule has 4 spiro atoms. The maximum Gasteiger partial charge on any atom is 0.202 e. The molecule has 0 aromatic carbocycles. The van der Waals surface area contributed by atoms with Crippen molar-refractivity contribution in [1.82, 2.24) is 0 Å². The lowest BCUT2D eigenvalue weighted by atomic mass is 9.64. The Hall–Kier alpha value is -0.200. The summed E-state index contributed by atoms with van der Waals surface area (Å²) < 4.78 is 30.9. The van der Waals surface area contributed by atoms with Gasteiger partial charge in [0.15, 0.2) is 5.60 Å². The third kappa shape index (κ3) is 1.09. The zero-order valence-electron chi connectivity index (χ0n) is 11.8. The Balaban J connectivity index is 1.65. The third-order valence-electron chi connectivity index (χ3n) is 6.32. The summed E-state index contributed by atoms with van der Waals surface area (Å²) in [5.74, 6) is -0.577. The lowest BCUT2D eigenvalue weighted by molar-refractivity contribution is -0.377. The van der Waals surface area contributed by atoms with Gasteiger partial charge in [-0.25, -0.2) is 0 Å². The monoisotopic (exact) mass is 282 g/mol. The van der Waals surface area contributed by atoms with E-state index in [4.69, 9.17) is 23.7 Å². The molecule has 0 aliphatic carbocycles. The molecule has 5 fully saturated rings. The van der Waals surface area contributed by atoms with Gasteiger partial charge in [-0.05, 0) is 12.8 Å². The normalized spacial score (nSPS) is 57.6. The first kappa shape index (κ1) is 12.4. The number of hydrogen-bond donors (Lipinski definition) is 0. The summed E-state index contributed by atoms with van der Waals surface area (Å²) >= 11 is 0. The Kier molecular flexibility index (Phi) is 2.32. The molecule has 0 radical (unpaired) electrons. The Morgan fingerprint density at radius 3 is 1.95 bits per heavy atom. The molecule has 0 aromatic heterocycles. The van der Waals surface area contributed by atoms with Crippen molar-refractivity contribution >= 4 is 0 Å². The molecular formula is C15H22O5. The lowest BCUT2D eigenvalue weighted by Gasteiger charge is -2.56. The van der Waals surface area contributed by atoms with Gasteiger partial charge in [0.25, 0.3) is 0 Å². The number of hydrogen-bond acceptors (Lipinski definition) is 5. The van der Waals surface area contributed by atoms with Crippen LogP contribution in [-0.4, -0.2) is 55.6 Å². The van der Waals surface area contributed by atoms with Gasteiger partial charge in [-0.1, -0.05) is 0 Å². The van der Waals surface area contributed by atoms with Crippen molar-refractivity contribution in [2.24, 2.45) is 0 Å². The van der Waals surface area contributed by atoms with E-state index >= 15 is 0 Å². The summed E-state index contributed by atoms with van der Waals surface area (Å²) in [6.45, 7) is 3.78. The summed E-state index contributed by atoms with van der Waals surface area (Å²) in [7, 11) is 0. The molecule has 0 N–H and O–H groups in total. The molecule has 5 aliphatic rings. The molecule has 20 heavy (non-hydrogen) atoms. The quantitative estimate of drug-likeness (QED) is 0.672. The standard InChI is InChI=1S/C15H22O5/c1-2-12(16-7-1)3-8-17-13(12)4-9-18-14(13)5-10-19-15(14)6-11-20-15/h1-11H2. The van der Waals surface area contributed by atoms with E-state index < -0.39 is 11.4 Å². The molecule has 0 aromatic rings. The second kappa shape index (κ2) is 3.76. The number of fused-ring (bicyclic) bond motifs is 3. The van der Waals surface area contributed by atoms with Gasteiger partial charge in [-0.15, -0.1) is 0 Å². The largest absolute Gasteiger partial charge is 0.372 e. The molecule has 5 rings (SSSR count). The van der Waals surface area contributed by atoms with Crippen molar-refractivity contribution in [3.8, 4) is 0 Å². The Labute approximate surface area is 118 Å². The minimum absolute atomic E-state index is 0.177. The maximum atomic E-state index is 6.40. The fourth-order valence-corrected chi connectivity index (χ4v) is 5.49. The van der Waals surface area contributed by atoms with Crippen LogP contribution >= 0.6 is 0 Å². The minimum Gasteiger partial charge on any atom is -0.372 e. The smallest absolute Gasteiger partial charge is 0.202 e. The van der Waals surface area contributed by atoms with Crippen LogP contribution < -0.4 is 0 Å². The zero-order chi connectivity index (χ0) is 13.3. The van der Waals surface area contributed by atoms with Crippen LogP contribution in [0.1, 0.15) is 38.5 Å². The van der Waals surface area contributed by atoms with Crippen LogP contribution in [0.25, 0.3) is 0 Å². The van der Waals surface area contributed by atoms with Crippen LogP contribution in [0.15, 0.2) is 0 Å². The van der Waals surface area contributed by atoms with Gasteiger partial charge in [0.05, 0.1) is 26.4 Å². The first-order valence-electron chi connectivity index (χ1n) is 7.98. The lowest BCUT2D eigenvalue weighted by Crippen LogP contribution is -2.73. The average Bonchev–Trinajstić information content (AvgIpc) is 3.14. The van der Waals surface area contributed by atoms with Gasteiger partial charge in [-0.2, -0.15) is 0 Å². The van der Waals surface area contributed by atoms with Gasteiger partial charge < -0.3 is 23.7 Å². The van der Waals surface area contributed by atoms with E-state index in [1.165, 1.54) is 0 Å². The first-order valence-corrected chi connectivity index (χ1v) is 7.98. The van der Waals surface area contributed by atoms with Crippen LogP contribution in [0.3, 0.4) is 0 Å². The molecule has 5 aliphatic heterocycles. The van der Waals surface area contributed by atoms with Gasteiger partial charge >= 0.3 is 0 Å². The summed E-state index contributed by atoms with van der Waals surface area (Å²) in [6.07, 6.45) is 5.85. The number of rotatable bonds is 0. The van der Waals surface area contributed by atoms with Crippen molar-refractivity contribution < 1.29 is 23.7 Å². The van der Waals surface area contributed by atoms with Crippen LogP contribution in [0.2, 0.25) is 0 Å². The highest BCUT2D eigenvalue weighted by molar-refractivity contribution is 5.27. The highest BCUT2D eigenvalue weighted by Crippen LogP contribution is 2.65. The van der Waals surface area contributed by atoms with Crippen molar-refractivity contribution in [2.45, 2.75) is 61.1 Å². The molecule has 5 heterocycles. The van der Waals surface area contributed by atoms with Crippen molar-refractivity contribution in [2.75, 3.05) is 33.0 Å². The zero-order valence-corrected chi connectivity index (χ0v) is 11.8. The Morgan fingerprint density at radius 2 is 1.20 bits per heavy atom. The van der Waals surface area contributed by atoms with Crippen LogP contribution in [0.5, 0.6) is 0 Å². The highest BCUT2D eigenvalue weighted by atomic mass is 16.8. The SMILES string of the molecule is C1COC2(C1)CCOC21CCOC12CCOC21CCO1. The summed E-state index contributed by atoms with van der Waals surface area (Å²) in [6, 6.07) is 0. The minimum atomic E-state index is -0.577. The fraction of sp³-hybridized carbons (Fsp3) is 1.00. The van der Waals surface area contributed by atoms with Crippen LogP contribution in [0, 0.1) is 0 Å².